The predicted molar refractivity (Wildman–Crippen MR) is 93.7 cm³/mol. The van der Waals surface area contributed by atoms with Crippen molar-refractivity contribution in [2.75, 3.05) is 6.61 Å². The highest BCUT2D eigenvalue weighted by atomic mass is 32.2. The van der Waals surface area contributed by atoms with E-state index in [2.05, 4.69) is 4.99 Å². The second kappa shape index (κ2) is 7.79. The van der Waals surface area contributed by atoms with Crippen LogP contribution in [0.3, 0.4) is 0 Å². The normalized spacial score (nSPS) is 13.0. The lowest BCUT2D eigenvalue weighted by Gasteiger charge is -2.08. The van der Waals surface area contributed by atoms with Gasteiger partial charge in [-0.2, -0.15) is 0 Å². The summed E-state index contributed by atoms with van der Waals surface area (Å²) in [5.74, 6) is -0.214. The molecule has 0 saturated heterocycles. The van der Waals surface area contributed by atoms with E-state index in [1.807, 2.05) is 60.8 Å². The largest absolute Gasteiger partial charge is 0.465 e. The molecule has 0 atom stereocenters. The van der Waals surface area contributed by atoms with E-state index in [1.165, 1.54) is 5.56 Å². The smallest absolute Gasteiger partial charge is 0.310 e. The van der Waals surface area contributed by atoms with Crippen molar-refractivity contribution in [3.05, 3.63) is 76.8 Å². The Labute approximate surface area is 140 Å². The Kier molecular flexibility index (Phi) is 5.27. The number of hydrogen-bond acceptors (Lipinski definition) is 4. The molecule has 116 valence electrons. The highest BCUT2D eigenvalue weighted by Crippen LogP contribution is 2.32. The first-order valence-corrected chi connectivity index (χ1v) is 8.31. The molecule has 0 unspecified atom stereocenters. The fourth-order valence-electron chi connectivity index (χ4n) is 2.25. The number of esters is 1. The molecular weight excluding hydrogens is 306 g/mol. The van der Waals surface area contributed by atoms with Gasteiger partial charge in [0.2, 0.25) is 0 Å². The van der Waals surface area contributed by atoms with Crippen LogP contribution in [0.2, 0.25) is 0 Å². The maximum atomic E-state index is 12.0. The molecular formula is C19H17NO2S. The minimum Gasteiger partial charge on any atom is -0.465 e. The van der Waals surface area contributed by atoms with E-state index >= 15 is 0 Å². The van der Waals surface area contributed by atoms with E-state index in [9.17, 15) is 4.79 Å². The van der Waals surface area contributed by atoms with Gasteiger partial charge in [-0.05, 0) is 11.6 Å². The Morgan fingerprint density at radius 1 is 1.04 bits per heavy atom. The molecule has 4 heteroatoms. The van der Waals surface area contributed by atoms with Crippen molar-refractivity contribution < 1.29 is 9.53 Å². The van der Waals surface area contributed by atoms with Crippen molar-refractivity contribution >= 4 is 23.9 Å². The Balaban J connectivity index is 1.50. The number of fused-ring (bicyclic) bond motifs is 1. The molecule has 0 radical (unpaired) electrons. The van der Waals surface area contributed by atoms with E-state index in [4.69, 9.17) is 4.74 Å². The van der Waals surface area contributed by atoms with Crippen molar-refractivity contribution in [2.45, 2.75) is 17.7 Å². The summed E-state index contributed by atoms with van der Waals surface area (Å²) >= 11 is 1.57. The van der Waals surface area contributed by atoms with Crippen LogP contribution >= 0.6 is 11.8 Å². The molecule has 0 N–H and O–H groups in total. The van der Waals surface area contributed by atoms with Crippen LogP contribution in [0.15, 0.2) is 75.6 Å². The van der Waals surface area contributed by atoms with Gasteiger partial charge in [0.25, 0.3) is 0 Å². The zero-order valence-corrected chi connectivity index (χ0v) is 13.5. The van der Waals surface area contributed by atoms with Crippen LogP contribution in [-0.2, 0) is 16.0 Å². The Bertz CT molecular complexity index is 738. The van der Waals surface area contributed by atoms with Crippen molar-refractivity contribution in [1.82, 2.24) is 0 Å². The van der Waals surface area contributed by atoms with Crippen molar-refractivity contribution in [2.24, 2.45) is 4.99 Å². The summed E-state index contributed by atoms with van der Waals surface area (Å²) in [6.07, 6.45) is 4.55. The number of thioether (sulfide) groups is 1. The van der Waals surface area contributed by atoms with E-state index < -0.39 is 0 Å². The monoisotopic (exact) mass is 323 g/mol. The van der Waals surface area contributed by atoms with Crippen LogP contribution in [0.4, 0.5) is 0 Å². The van der Waals surface area contributed by atoms with Crippen LogP contribution in [0, 0.1) is 0 Å². The third-order valence-electron chi connectivity index (χ3n) is 3.41. The topological polar surface area (TPSA) is 38.7 Å². The first kappa shape index (κ1) is 15.6. The number of ether oxygens (including phenoxy) is 1. The lowest BCUT2D eigenvalue weighted by Crippen LogP contribution is -2.08. The molecule has 1 aliphatic rings. The predicted octanol–water partition coefficient (Wildman–Crippen LogP) is 4.23. The van der Waals surface area contributed by atoms with Crippen LogP contribution in [-0.4, -0.2) is 18.8 Å². The van der Waals surface area contributed by atoms with Gasteiger partial charge in [-0.25, -0.2) is 0 Å². The van der Waals surface area contributed by atoms with Gasteiger partial charge in [0.1, 0.15) is 0 Å². The van der Waals surface area contributed by atoms with E-state index in [1.54, 1.807) is 18.0 Å². The highest BCUT2D eigenvalue weighted by molar-refractivity contribution is 8.03. The average molecular weight is 323 g/mol. The molecule has 1 aliphatic heterocycles. The molecule has 2 aromatic rings. The van der Waals surface area contributed by atoms with Crippen molar-refractivity contribution in [3.8, 4) is 0 Å². The second-order valence-corrected chi connectivity index (χ2v) is 6.31. The zero-order chi connectivity index (χ0) is 15.9. The Morgan fingerprint density at radius 3 is 2.70 bits per heavy atom. The molecule has 3 nitrogen and oxygen atoms in total. The lowest BCUT2D eigenvalue weighted by atomic mass is 10.2. The van der Waals surface area contributed by atoms with Crippen molar-refractivity contribution in [3.63, 3.8) is 0 Å². The van der Waals surface area contributed by atoms with Crippen LogP contribution in [0.5, 0.6) is 0 Å². The third-order valence-corrected chi connectivity index (χ3v) is 4.51. The molecule has 0 fully saturated rings. The standard InChI is InChI=1S/C19H17NO2S/c21-19(22-11-10-15-6-2-1-3-7-15)12-17-14-20-13-16-8-4-5-9-18(16)23-17/h1-9,13-14H,10-12H2. The number of rotatable bonds is 5. The molecule has 0 spiro atoms. The number of nitrogens with zero attached hydrogens (tertiary/aromatic N) is 1. The van der Waals surface area contributed by atoms with E-state index in [-0.39, 0.29) is 12.4 Å². The Morgan fingerprint density at radius 2 is 1.83 bits per heavy atom. The van der Waals surface area contributed by atoms with Crippen LogP contribution in [0.25, 0.3) is 0 Å². The minimum absolute atomic E-state index is 0.214. The summed E-state index contributed by atoms with van der Waals surface area (Å²) in [6, 6.07) is 18.0. The minimum atomic E-state index is -0.214. The van der Waals surface area contributed by atoms with E-state index in [0.717, 1.165) is 21.8 Å². The van der Waals surface area contributed by atoms with Gasteiger partial charge in [-0.1, -0.05) is 60.3 Å². The number of hydrogen-bond donors (Lipinski definition) is 0. The molecule has 3 rings (SSSR count). The Hall–Kier alpha value is -2.33. The fourth-order valence-corrected chi connectivity index (χ4v) is 3.22. The van der Waals surface area contributed by atoms with Crippen LogP contribution in [0.1, 0.15) is 17.5 Å². The second-order valence-electron chi connectivity index (χ2n) is 5.15. The van der Waals surface area contributed by atoms with Gasteiger partial charge in [-0.15, -0.1) is 0 Å². The third kappa shape index (κ3) is 4.57. The first-order chi connectivity index (χ1) is 11.3. The van der Waals surface area contributed by atoms with Gasteiger partial charge in [-0.3, -0.25) is 9.79 Å². The van der Waals surface area contributed by atoms with Gasteiger partial charge in [0.05, 0.1) is 13.0 Å². The summed E-state index contributed by atoms with van der Waals surface area (Å²) in [5, 5.41) is 0. The summed E-state index contributed by atoms with van der Waals surface area (Å²) in [5.41, 5.74) is 2.24. The summed E-state index contributed by atoms with van der Waals surface area (Å²) in [4.78, 5) is 18.3. The molecule has 2 aromatic carbocycles. The average Bonchev–Trinajstić information content (AvgIpc) is 2.77. The number of carbonyl (C=O) groups is 1. The van der Waals surface area contributed by atoms with Gasteiger partial charge < -0.3 is 4.74 Å². The fraction of sp³-hybridized carbons (Fsp3) is 0.158. The molecule has 1 heterocycles. The van der Waals surface area contributed by atoms with Gasteiger partial charge >= 0.3 is 5.97 Å². The number of carbonyl (C=O) groups excluding carboxylic acids is 1. The molecule has 0 saturated carbocycles. The highest BCUT2D eigenvalue weighted by Gasteiger charge is 2.12. The lowest BCUT2D eigenvalue weighted by molar-refractivity contribution is -0.142. The maximum Gasteiger partial charge on any atom is 0.310 e. The summed E-state index contributed by atoms with van der Waals surface area (Å²) in [7, 11) is 0. The maximum absolute atomic E-state index is 12.0. The number of aliphatic imine (C=N–C) groups is 1. The molecule has 0 aromatic heterocycles. The molecule has 23 heavy (non-hydrogen) atoms. The van der Waals surface area contributed by atoms with Crippen molar-refractivity contribution in [1.29, 1.82) is 0 Å². The van der Waals surface area contributed by atoms with Gasteiger partial charge in [0.15, 0.2) is 0 Å². The molecule has 0 aliphatic carbocycles. The van der Waals surface area contributed by atoms with Gasteiger partial charge in [0, 0.05) is 34.2 Å². The zero-order valence-electron chi connectivity index (χ0n) is 12.6. The first-order valence-electron chi connectivity index (χ1n) is 7.50. The van der Waals surface area contributed by atoms with Crippen LogP contribution < -0.4 is 0 Å². The summed E-state index contributed by atoms with van der Waals surface area (Å²) < 4.78 is 5.33. The quantitative estimate of drug-likeness (QED) is 0.773. The molecule has 0 bridgehead atoms. The molecule has 0 amide bonds. The van der Waals surface area contributed by atoms with E-state index in [0.29, 0.717) is 6.61 Å². The SMILES string of the molecule is O=C(CC1=CN=Cc2ccccc2S1)OCCc1ccccc1. The number of benzene rings is 2. The summed E-state index contributed by atoms with van der Waals surface area (Å²) in [6.45, 7) is 0.403.